The summed E-state index contributed by atoms with van der Waals surface area (Å²) in [4.78, 5) is 60.3. The first-order chi connectivity index (χ1) is 21.7. The molecule has 3 amide bonds. The number of piperazine rings is 1. The molecule has 232 valence electrons. The van der Waals surface area contributed by atoms with Crippen LogP contribution in [0.5, 0.6) is 0 Å². The molecule has 1 aliphatic rings. The van der Waals surface area contributed by atoms with Gasteiger partial charge in [-0.15, -0.1) is 11.3 Å². The predicted molar refractivity (Wildman–Crippen MR) is 174 cm³/mol. The van der Waals surface area contributed by atoms with Crippen LogP contribution in [-0.4, -0.2) is 63.9 Å². The van der Waals surface area contributed by atoms with Crippen LogP contribution in [0.25, 0.3) is 0 Å². The van der Waals surface area contributed by atoms with Gasteiger partial charge in [0.1, 0.15) is 0 Å². The largest absolute Gasteiger partial charge is 0.481 e. The number of carboxylic acids is 1. The first kappa shape index (κ1) is 31.4. The molecule has 3 atom stereocenters. The molecule has 1 saturated heterocycles. The summed E-state index contributed by atoms with van der Waals surface area (Å²) in [5.74, 6) is -1.81. The molecule has 3 heterocycles. The van der Waals surface area contributed by atoms with E-state index in [0.717, 1.165) is 16.1 Å². The highest BCUT2D eigenvalue weighted by atomic mass is 32.1. The van der Waals surface area contributed by atoms with Crippen molar-refractivity contribution < 1.29 is 24.3 Å². The molecular formula is C34H35N5O5S. The highest BCUT2D eigenvalue weighted by molar-refractivity contribution is 7.10. The van der Waals surface area contributed by atoms with E-state index in [1.165, 1.54) is 11.3 Å². The molecule has 0 aliphatic carbocycles. The minimum atomic E-state index is -1.03. The number of hydrogen-bond donors (Lipinski definition) is 3. The maximum Gasteiger partial charge on any atom is 0.305 e. The normalized spacial score (nSPS) is 16.9. The summed E-state index contributed by atoms with van der Waals surface area (Å²) >= 11 is 1.37. The van der Waals surface area contributed by atoms with Gasteiger partial charge in [0.15, 0.2) is 0 Å². The Morgan fingerprint density at radius 2 is 1.76 bits per heavy atom. The minimum Gasteiger partial charge on any atom is -0.481 e. The zero-order valence-electron chi connectivity index (χ0n) is 25.1. The van der Waals surface area contributed by atoms with Gasteiger partial charge in [-0.05, 0) is 61.2 Å². The van der Waals surface area contributed by atoms with Crippen molar-refractivity contribution in [2.24, 2.45) is 0 Å². The second-order valence-electron chi connectivity index (χ2n) is 11.1. The van der Waals surface area contributed by atoms with Crippen LogP contribution in [0.4, 0.5) is 11.4 Å². The fraction of sp³-hybridized carbons (Fsp3) is 0.265. The monoisotopic (exact) mass is 625 g/mol. The van der Waals surface area contributed by atoms with E-state index in [4.69, 9.17) is 0 Å². The van der Waals surface area contributed by atoms with Crippen LogP contribution in [0.2, 0.25) is 0 Å². The Hall–Kier alpha value is -5.03. The number of pyridine rings is 1. The zero-order chi connectivity index (χ0) is 31.9. The molecule has 2 aromatic heterocycles. The highest BCUT2D eigenvalue weighted by Crippen LogP contribution is 2.33. The fourth-order valence-electron chi connectivity index (χ4n) is 5.53. The van der Waals surface area contributed by atoms with E-state index in [-0.39, 0.29) is 42.3 Å². The summed E-state index contributed by atoms with van der Waals surface area (Å²) in [6, 6.07) is 20.6. The Morgan fingerprint density at radius 3 is 2.44 bits per heavy atom. The first-order valence-corrected chi connectivity index (χ1v) is 15.6. The lowest BCUT2D eigenvalue weighted by Gasteiger charge is -2.45. The SMILES string of the molecule is CC1CN(c2ccc(C(=O)NC(CC(=O)O)c3cccs3)cc2NC(=O)Cc2ccccc2)C(C)CN1C(=O)c1cccnc1. The number of thiophene rings is 1. The number of carboxylic acid groups (broad SMARTS) is 1. The highest BCUT2D eigenvalue weighted by Gasteiger charge is 2.34. The summed E-state index contributed by atoms with van der Waals surface area (Å²) < 4.78 is 0. The van der Waals surface area contributed by atoms with Crippen LogP contribution < -0.4 is 15.5 Å². The number of rotatable bonds is 10. The minimum absolute atomic E-state index is 0.0906. The van der Waals surface area contributed by atoms with Crippen molar-refractivity contribution in [1.82, 2.24) is 15.2 Å². The Kier molecular flexibility index (Phi) is 9.89. The van der Waals surface area contributed by atoms with Crippen LogP contribution in [-0.2, 0) is 16.0 Å². The van der Waals surface area contributed by atoms with Gasteiger partial charge in [0.2, 0.25) is 5.91 Å². The molecule has 1 aliphatic heterocycles. The third kappa shape index (κ3) is 7.74. The van der Waals surface area contributed by atoms with Crippen LogP contribution in [0.15, 0.2) is 90.6 Å². The van der Waals surface area contributed by atoms with Crippen molar-refractivity contribution in [3.05, 3.63) is 112 Å². The third-order valence-electron chi connectivity index (χ3n) is 7.78. The molecule has 0 spiro atoms. The van der Waals surface area contributed by atoms with Crippen molar-refractivity contribution in [3.8, 4) is 0 Å². The van der Waals surface area contributed by atoms with Gasteiger partial charge in [0.05, 0.1) is 35.8 Å². The summed E-state index contributed by atoms with van der Waals surface area (Å²) in [6.45, 7) is 4.95. The number of nitrogens with one attached hydrogen (secondary N) is 2. The van der Waals surface area contributed by atoms with Crippen molar-refractivity contribution in [3.63, 3.8) is 0 Å². The van der Waals surface area contributed by atoms with Gasteiger partial charge in [-0.25, -0.2) is 0 Å². The first-order valence-electron chi connectivity index (χ1n) is 14.7. The standard InChI is InChI=1S/C34H35N5O5S/c1-22-21-39(34(44)26-10-6-14-35-19-26)23(2)20-38(22)29-13-12-25(17-27(29)36-31(40)16-24-8-4-3-5-9-24)33(43)37-28(18-32(41)42)30-11-7-15-45-30/h3-15,17,19,22-23,28H,16,18,20-21H2,1-2H3,(H,36,40)(H,37,43)(H,41,42). The molecular weight excluding hydrogens is 590 g/mol. The number of hydrogen-bond acceptors (Lipinski definition) is 7. The molecule has 3 unspecified atom stereocenters. The third-order valence-corrected chi connectivity index (χ3v) is 8.76. The van der Waals surface area contributed by atoms with E-state index >= 15 is 0 Å². The van der Waals surface area contributed by atoms with Crippen LogP contribution >= 0.6 is 11.3 Å². The summed E-state index contributed by atoms with van der Waals surface area (Å²) in [5.41, 5.74) is 2.84. The van der Waals surface area contributed by atoms with E-state index in [1.807, 2.05) is 60.5 Å². The number of amides is 3. The molecule has 5 rings (SSSR count). The van der Waals surface area contributed by atoms with Gasteiger partial charge in [0.25, 0.3) is 11.8 Å². The van der Waals surface area contributed by atoms with Crippen LogP contribution in [0.3, 0.4) is 0 Å². The number of carbonyl (C=O) groups is 4. The molecule has 10 nitrogen and oxygen atoms in total. The Morgan fingerprint density at radius 1 is 0.956 bits per heavy atom. The molecule has 11 heteroatoms. The smallest absolute Gasteiger partial charge is 0.305 e. The van der Waals surface area contributed by atoms with Gasteiger partial charge in [-0.3, -0.25) is 24.2 Å². The number of anilines is 2. The maximum absolute atomic E-state index is 13.4. The van der Waals surface area contributed by atoms with E-state index in [0.29, 0.717) is 24.3 Å². The number of aromatic nitrogens is 1. The molecule has 1 fully saturated rings. The number of aliphatic carboxylic acids is 1. The number of nitrogens with zero attached hydrogens (tertiary/aromatic N) is 3. The summed E-state index contributed by atoms with van der Waals surface area (Å²) in [7, 11) is 0. The topological polar surface area (TPSA) is 132 Å². The van der Waals surface area contributed by atoms with E-state index in [9.17, 15) is 24.3 Å². The van der Waals surface area contributed by atoms with Gasteiger partial charge in [-0.1, -0.05) is 36.4 Å². The number of benzene rings is 2. The maximum atomic E-state index is 13.4. The van der Waals surface area contributed by atoms with Gasteiger partial charge in [-0.2, -0.15) is 0 Å². The molecule has 0 saturated carbocycles. The van der Waals surface area contributed by atoms with E-state index in [1.54, 1.807) is 48.8 Å². The Balaban J connectivity index is 1.41. The summed E-state index contributed by atoms with van der Waals surface area (Å²) in [5, 5.41) is 17.1. The fourth-order valence-corrected chi connectivity index (χ4v) is 6.31. The van der Waals surface area contributed by atoms with Crippen molar-refractivity contribution in [1.29, 1.82) is 0 Å². The Bertz CT molecular complexity index is 1650. The van der Waals surface area contributed by atoms with Gasteiger partial charge < -0.3 is 25.5 Å². The van der Waals surface area contributed by atoms with Crippen LogP contribution in [0.1, 0.15) is 57.5 Å². The molecule has 0 bridgehead atoms. The average Bonchev–Trinajstić information content (AvgIpc) is 3.57. The molecule has 2 aromatic carbocycles. The Labute approximate surface area is 265 Å². The molecule has 3 N–H and O–H groups in total. The van der Waals surface area contributed by atoms with Crippen molar-refractivity contribution in [2.75, 3.05) is 23.3 Å². The molecule has 4 aromatic rings. The number of carbonyl (C=O) groups excluding carboxylic acids is 3. The van der Waals surface area contributed by atoms with E-state index < -0.39 is 17.9 Å². The van der Waals surface area contributed by atoms with E-state index in [2.05, 4.69) is 20.5 Å². The lowest BCUT2D eigenvalue weighted by atomic mass is 10.0. The molecule has 0 radical (unpaired) electrons. The second-order valence-corrected chi connectivity index (χ2v) is 12.1. The quantitative estimate of drug-likeness (QED) is 0.226. The summed E-state index contributed by atoms with van der Waals surface area (Å²) in [6.07, 6.45) is 3.08. The van der Waals surface area contributed by atoms with Crippen LogP contribution in [0, 0.1) is 0 Å². The average molecular weight is 626 g/mol. The lowest BCUT2D eigenvalue weighted by molar-refractivity contribution is -0.137. The second kappa shape index (κ2) is 14.2. The predicted octanol–water partition coefficient (Wildman–Crippen LogP) is 5.01. The van der Waals surface area contributed by atoms with Crippen molar-refractivity contribution in [2.45, 2.75) is 44.8 Å². The van der Waals surface area contributed by atoms with Gasteiger partial charge in [0, 0.05) is 48.0 Å². The van der Waals surface area contributed by atoms with Crippen molar-refractivity contribution >= 4 is 46.4 Å². The van der Waals surface area contributed by atoms with Gasteiger partial charge >= 0.3 is 5.97 Å². The molecule has 45 heavy (non-hydrogen) atoms. The lowest BCUT2D eigenvalue weighted by Crippen LogP contribution is -2.58. The zero-order valence-corrected chi connectivity index (χ0v) is 25.9.